The van der Waals surface area contributed by atoms with E-state index in [1.165, 1.54) is 6.92 Å². The summed E-state index contributed by atoms with van der Waals surface area (Å²) in [5, 5.41) is 0.595. The lowest BCUT2D eigenvalue weighted by atomic mass is 10.2. The maximum Gasteiger partial charge on any atom is 0.397 e. The zero-order chi connectivity index (χ0) is 13.1. The third-order valence-electron chi connectivity index (χ3n) is 1.90. The molecule has 1 atom stereocenters. The van der Waals surface area contributed by atoms with Gasteiger partial charge in [0, 0.05) is 5.02 Å². The number of rotatable bonds is 5. The second-order valence-electron chi connectivity index (χ2n) is 3.56. The van der Waals surface area contributed by atoms with Gasteiger partial charge in [-0.25, -0.2) is 4.18 Å². The molecule has 1 aromatic rings. The van der Waals surface area contributed by atoms with Gasteiger partial charge in [-0.05, 0) is 37.6 Å². The Morgan fingerprint density at radius 2 is 2.12 bits per heavy atom. The van der Waals surface area contributed by atoms with Crippen LogP contribution in [0.15, 0.2) is 18.2 Å². The highest BCUT2D eigenvalue weighted by molar-refractivity contribution is 7.80. The molecular weight excluding hydrogens is 268 g/mol. The van der Waals surface area contributed by atoms with Crippen LogP contribution >= 0.6 is 11.6 Å². The Bertz CT molecular complexity index is 485. The summed E-state index contributed by atoms with van der Waals surface area (Å²) < 4.78 is 38.9. The Morgan fingerprint density at radius 3 is 2.65 bits per heavy atom. The van der Waals surface area contributed by atoms with Crippen molar-refractivity contribution in [1.82, 2.24) is 0 Å². The number of ether oxygens (including phenoxy) is 1. The van der Waals surface area contributed by atoms with Gasteiger partial charge in [-0.15, -0.1) is 0 Å². The van der Waals surface area contributed by atoms with Gasteiger partial charge in [0.1, 0.15) is 18.5 Å². The molecule has 5 nitrogen and oxygen atoms in total. The summed E-state index contributed by atoms with van der Waals surface area (Å²) in [6.07, 6.45) is -0.778. The molecule has 0 saturated carbocycles. The fourth-order valence-electron chi connectivity index (χ4n) is 1.22. The molecule has 0 spiro atoms. The van der Waals surface area contributed by atoms with Gasteiger partial charge in [-0.3, -0.25) is 4.55 Å². The summed E-state index contributed by atoms with van der Waals surface area (Å²) in [7, 11) is -4.45. The lowest BCUT2D eigenvalue weighted by molar-refractivity contribution is 0.133. The van der Waals surface area contributed by atoms with Crippen LogP contribution in [0.4, 0.5) is 0 Å². The number of benzene rings is 1. The van der Waals surface area contributed by atoms with Crippen LogP contribution in [0, 0.1) is 6.92 Å². The van der Waals surface area contributed by atoms with Crippen molar-refractivity contribution in [3.63, 3.8) is 0 Å². The van der Waals surface area contributed by atoms with Crippen LogP contribution in [0.1, 0.15) is 12.5 Å². The fourth-order valence-corrected chi connectivity index (χ4v) is 1.91. The molecule has 0 aromatic heterocycles. The van der Waals surface area contributed by atoms with E-state index in [-0.39, 0.29) is 6.61 Å². The molecule has 0 aliphatic heterocycles. The van der Waals surface area contributed by atoms with E-state index in [9.17, 15) is 8.42 Å². The first-order valence-corrected chi connectivity index (χ1v) is 6.57. The van der Waals surface area contributed by atoms with Crippen LogP contribution in [0.2, 0.25) is 5.02 Å². The van der Waals surface area contributed by atoms with Crippen molar-refractivity contribution >= 4 is 22.0 Å². The quantitative estimate of drug-likeness (QED) is 0.838. The topological polar surface area (TPSA) is 72.8 Å². The van der Waals surface area contributed by atoms with Crippen molar-refractivity contribution in [2.24, 2.45) is 0 Å². The van der Waals surface area contributed by atoms with Crippen molar-refractivity contribution < 1.29 is 21.9 Å². The zero-order valence-corrected chi connectivity index (χ0v) is 11.0. The second kappa shape index (κ2) is 5.68. The van der Waals surface area contributed by atoms with Crippen LogP contribution in [-0.2, 0) is 14.6 Å². The van der Waals surface area contributed by atoms with Crippen molar-refractivity contribution in [3.05, 3.63) is 28.8 Å². The molecule has 1 N–H and O–H groups in total. The van der Waals surface area contributed by atoms with E-state index < -0.39 is 16.5 Å². The van der Waals surface area contributed by atoms with Gasteiger partial charge >= 0.3 is 10.4 Å². The van der Waals surface area contributed by atoms with E-state index in [0.29, 0.717) is 10.8 Å². The average molecular weight is 281 g/mol. The Labute approximate surface area is 105 Å². The molecule has 0 heterocycles. The van der Waals surface area contributed by atoms with Crippen molar-refractivity contribution in [3.8, 4) is 5.75 Å². The summed E-state index contributed by atoms with van der Waals surface area (Å²) in [4.78, 5) is 0. The largest absolute Gasteiger partial charge is 0.491 e. The molecule has 0 amide bonds. The van der Waals surface area contributed by atoms with Gasteiger partial charge in [0.25, 0.3) is 0 Å². The number of aryl methyl sites for hydroxylation is 1. The highest BCUT2D eigenvalue weighted by Crippen LogP contribution is 2.22. The van der Waals surface area contributed by atoms with Crippen LogP contribution in [0.5, 0.6) is 5.75 Å². The molecular formula is C10H13ClO5S. The molecule has 96 valence electrons. The van der Waals surface area contributed by atoms with Gasteiger partial charge in [-0.2, -0.15) is 8.42 Å². The van der Waals surface area contributed by atoms with E-state index in [4.69, 9.17) is 20.9 Å². The normalized spacial score (nSPS) is 13.4. The lowest BCUT2D eigenvalue weighted by Crippen LogP contribution is -2.21. The summed E-state index contributed by atoms with van der Waals surface area (Å²) in [6.45, 7) is 3.29. The van der Waals surface area contributed by atoms with Gasteiger partial charge in [0.2, 0.25) is 0 Å². The Balaban J connectivity index is 2.56. The predicted molar refractivity (Wildman–Crippen MR) is 63.8 cm³/mol. The zero-order valence-electron chi connectivity index (χ0n) is 9.38. The van der Waals surface area contributed by atoms with E-state index in [1.807, 2.05) is 6.92 Å². The van der Waals surface area contributed by atoms with Gasteiger partial charge in [0.15, 0.2) is 0 Å². The maximum absolute atomic E-state index is 10.4. The summed E-state index contributed by atoms with van der Waals surface area (Å²) in [6, 6.07) is 5.07. The molecule has 1 aromatic carbocycles. The van der Waals surface area contributed by atoms with Crippen LogP contribution < -0.4 is 4.74 Å². The molecule has 0 bridgehead atoms. The smallest absolute Gasteiger partial charge is 0.397 e. The first-order chi connectivity index (χ1) is 7.78. The molecule has 0 aliphatic carbocycles. The van der Waals surface area contributed by atoms with Gasteiger partial charge in [0.05, 0.1) is 0 Å². The van der Waals surface area contributed by atoms with Crippen LogP contribution in [0.3, 0.4) is 0 Å². The Morgan fingerprint density at radius 1 is 1.47 bits per heavy atom. The first-order valence-electron chi connectivity index (χ1n) is 4.82. The highest BCUT2D eigenvalue weighted by Gasteiger charge is 2.13. The number of hydrogen-bond donors (Lipinski definition) is 1. The van der Waals surface area contributed by atoms with E-state index in [1.54, 1.807) is 18.2 Å². The van der Waals surface area contributed by atoms with Crippen molar-refractivity contribution in [1.29, 1.82) is 0 Å². The summed E-state index contributed by atoms with van der Waals surface area (Å²) in [5.41, 5.74) is 0.830. The monoisotopic (exact) mass is 280 g/mol. The highest BCUT2D eigenvalue weighted by atomic mass is 35.5. The Hall–Kier alpha value is -0.820. The van der Waals surface area contributed by atoms with Crippen molar-refractivity contribution in [2.75, 3.05) is 6.61 Å². The molecule has 0 saturated heterocycles. The summed E-state index contributed by atoms with van der Waals surface area (Å²) in [5.74, 6) is 0.584. The van der Waals surface area contributed by atoms with Crippen LogP contribution in [0.25, 0.3) is 0 Å². The minimum Gasteiger partial charge on any atom is -0.491 e. The third kappa shape index (κ3) is 5.36. The standard InChI is InChI=1S/C10H13ClO5S/c1-7-5-9(11)3-4-10(7)15-6-8(2)16-17(12,13)14/h3-5,8H,6H2,1-2H3,(H,12,13,14). The van der Waals surface area contributed by atoms with E-state index in [2.05, 4.69) is 4.18 Å². The van der Waals surface area contributed by atoms with Crippen LogP contribution in [-0.4, -0.2) is 25.7 Å². The average Bonchev–Trinajstić information content (AvgIpc) is 2.13. The fraction of sp³-hybridized carbons (Fsp3) is 0.400. The lowest BCUT2D eigenvalue weighted by Gasteiger charge is -2.13. The van der Waals surface area contributed by atoms with E-state index >= 15 is 0 Å². The number of halogens is 1. The third-order valence-corrected chi connectivity index (χ3v) is 2.70. The molecule has 0 aliphatic rings. The molecule has 0 radical (unpaired) electrons. The minimum atomic E-state index is -4.45. The van der Waals surface area contributed by atoms with Crippen molar-refractivity contribution in [2.45, 2.75) is 20.0 Å². The number of hydrogen-bond acceptors (Lipinski definition) is 4. The minimum absolute atomic E-state index is 0.00224. The molecule has 17 heavy (non-hydrogen) atoms. The molecule has 0 fully saturated rings. The summed E-state index contributed by atoms with van der Waals surface area (Å²) >= 11 is 5.77. The van der Waals surface area contributed by atoms with E-state index in [0.717, 1.165) is 5.56 Å². The molecule has 1 unspecified atom stereocenters. The van der Waals surface area contributed by atoms with Gasteiger partial charge < -0.3 is 4.74 Å². The SMILES string of the molecule is Cc1cc(Cl)ccc1OCC(C)OS(=O)(=O)O. The van der Waals surface area contributed by atoms with Gasteiger partial charge in [-0.1, -0.05) is 11.6 Å². The predicted octanol–water partition coefficient (Wildman–Crippen LogP) is 2.24. The second-order valence-corrected chi connectivity index (χ2v) is 5.04. The maximum atomic E-state index is 10.4. The molecule has 1 rings (SSSR count). The Kier molecular flexibility index (Phi) is 4.76. The first kappa shape index (κ1) is 14.2. The molecule has 7 heteroatoms.